The summed E-state index contributed by atoms with van der Waals surface area (Å²) in [6.45, 7) is 2.12. The van der Waals surface area contributed by atoms with Crippen LogP contribution in [0.25, 0.3) is 11.3 Å². The largest absolute Gasteiger partial charge is 0.455 e. The van der Waals surface area contributed by atoms with E-state index in [0.717, 1.165) is 11.3 Å². The van der Waals surface area contributed by atoms with Crippen molar-refractivity contribution in [3.8, 4) is 11.3 Å². The van der Waals surface area contributed by atoms with E-state index in [1.165, 1.54) is 6.21 Å². The van der Waals surface area contributed by atoms with Gasteiger partial charge in [-0.1, -0.05) is 47.0 Å². The minimum Gasteiger partial charge on any atom is -0.455 e. The van der Waals surface area contributed by atoms with E-state index >= 15 is 0 Å². The topological polar surface area (TPSA) is 66.6 Å². The van der Waals surface area contributed by atoms with E-state index in [9.17, 15) is 4.79 Å². The molecular weight excluding hydrogens is 385 g/mol. The van der Waals surface area contributed by atoms with Crippen molar-refractivity contribution in [2.75, 3.05) is 11.9 Å². The number of nitrogens with one attached hydrogen (secondary N) is 2. The summed E-state index contributed by atoms with van der Waals surface area (Å²) < 4.78 is 5.67. The Labute approximate surface area is 167 Å². The van der Waals surface area contributed by atoms with Gasteiger partial charge in [0.05, 0.1) is 22.8 Å². The first-order chi connectivity index (χ1) is 13.0. The van der Waals surface area contributed by atoms with Crippen LogP contribution in [-0.2, 0) is 4.79 Å². The highest BCUT2D eigenvalue weighted by Gasteiger charge is 2.10. The van der Waals surface area contributed by atoms with E-state index in [0.29, 0.717) is 27.1 Å². The Hall–Kier alpha value is -2.76. The highest BCUT2D eigenvalue weighted by molar-refractivity contribution is 6.43. The van der Waals surface area contributed by atoms with Crippen molar-refractivity contribution in [1.29, 1.82) is 0 Å². The average molecular weight is 402 g/mol. The zero-order valence-corrected chi connectivity index (χ0v) is 16.0. The summed E-state index contributed by atoms with van der Waals surface area (Å²) in [4.78, 5) is 11.8. The SMILES string of the molecule is Cc1ccc(NCC(=O)N/N=C\c2ccc(-c3cccc(Cl)c3Cl)o2)cc1. The second-order valence-electron chi connectivity index (χ2n) is 5.82. The fourth-order valence-electron chi connectivity index (χ4n) is 2.32. The molecule has 0 radical (unpaired) electrons. The lowest BCUT2D eigenvalue weighted by atomic mass is 10.2. The molecule has 0 fully saturated rings. The summed E-state index contributed by atoms with van der Waals surface area (Å²) in [5.41, 5.74) is 5.16. The molecule has 2 aromatic carbocycles. The third-order valence-corrected chi connectivity index (χ3v) is 4.55. The third-order valence-electron chi connectivity index (χ3n) is 3.73. The van der Waals surface area contributed by atoms with Gasteiger partial charge in [0.15, 0.2) is 0 Å². The number of rotatable bonds is 6. The van der Waals surface area contributed by atoms with Crippen LogP contribution in [0.3, 0.4) is 0 Å². The zero-order valence-electron chi connectivity index (χ0n) is 14.5. The second-order valence-corrected chi connectivity index (χ2v) is 6.60. The number of carbonyl (C=O) groups excluding carboxylic acids is 1. The Kier molecular flexibility index (Phi) is 6.16. The molecule has 5 nitrogen and oxygen atoms in total. The molecule has 138 valence electrons. The predicted molar refractivity (Wildman–Crippen MR) is 110 cm³/mol. The number of carbonyl (C=O) groups is 1. The fourth-order valence-corrected chi connectivity index (χ4v) is 2.72. The molecule has 0 spiro atoms. The van der Waals surface area contributed by atoms with Crippen LogP contribution in [0.15, 0.2) is 64.1 Å². The van der Waals surface area contributed by atoms with Crippen molar-refractivity contribution in [3.63, 3.8) is 0 Å². The third kappa shape index (κ3) is 5.12. The summed E-state index contributed by atoms with van der Waals surface area (Å²) in [6, 6.07) is 16.6. The van der Waals surface area contributed by atoms with Crippen molar-refractivity contribution in [3.05, 3.63) is 76.0 Å². The van der Waals surface area contributed by atoms with Crippen molar-refractivity contribution >= 4 is 41.0 Å². The number of halogens is 2. The van der Waals surface area contributed by atoms with E-state index < -0.39 is 0 Å². The standard InChI is InChI=1S/C20H17Cl2N3O2/c1-13-5-7-14(8-6-13)23-12-19(26)25-24-11-15-9-10-18(27-15)16-3-2-4-17(21)20(16)22/h2-11,23H,12H2,1H3,(H,25,26)/b24-11-. The molecule has 0 saturated heterocycles. The zero-order chi connectivity index (χ0) is 19.2. The summed E-state index contributed by atoms with van der Waals surface area (Å²) in [7, 11) is 0. The minimum absolute atomic E-state index is 0.113. The van der Waals surface area contributed by atoms with Crippen molar-refractivity contribution in [2.45, 2.75) is 6.92 Å². The Morgan fingerprint density at radius 3 is 2.67 bits per heavy atom. The highest BCUT2D eigenvalue weighted by Crippen LogP contribution is 2.34. The Balaban J connectivity index is 1.54. The number of hydrogen-bond acceptors (Lipinski definition) is 4. The van der Waals surface area contributed by atoms with Gasteiger partial charge >= 0.3 is 0 Å². The first-order valence-electron chi connectivity index (χ1n) is 8.19. The Morgan fingerprint density at radius 2 is 1.89 bits per heavy atom. The maximum Gasteiger partial charge on any atom is 0.259 e. The lowest BCUT2D eigenvalue weighted by Gasteiger charge is -2.05. The van der Waals surface area contributed by atoms with Gasteiger partial charge in [-0.15, -0.1) is 0 Å². The van der Waals surface area contributed by atoms with Crippen LogP contribution in [0, 0.1) is 6.92 Å². The number of aryl methyl sites for hydroxylation is 1. The van der Waals surface area contributed by atoms with Gasteiger partial charge in [0.2, 0.25) is 0 Å². The van der Waals surface area contributed by atoms with Gasteiger partial charge in [-0.3, -0.25) is 4.79 Å². The van der Waals surface area contributed by atoms with Gasteiger partial charge in [0.25, 0.3) is 5.91 Å². The van der Waals surface area contributed by atoms with Crippen LogP contribution in [-0.4, -0.2) is 18.7 Å². The summed E-state index contributed by atoms with van der Waals surface area (Å²) in [6.07, 6.45) is 1.42. The Bertz CT molecular complexity index is 966. The number of amides is 1. The maximum atomic E-state index is 11.8. The lowest BCUT2D eigenvalue weighted by molar-refractivity contribution is -0.119. The molecule has 0 atom stereocenters. The molecule has 3 aromatic rings. The van der Waals surface area contributed by atoms with Crippen LogP contribution >= 0.6 is 23.2 Å². The van der Waals surface area contributed by atoms with Gasteiger partial charge in [-0.2, -0.15) is 5.10 Å². The van der Waals surface area contributed by atoms with E-state index in [4.69, 9.17) is 27.6 Å². The maximum absolute atomic E-state index is 11.8. The van der Waals surface area contributed by atoms with Crippen LogP contribution in [0.2, 0.25) is 10.0 Å². The van der Waals surface area contributed by atoms with Crippen molar-refractivity contribution < 1.29 is 9.21 Å². The lowest BCUT2D eigenvalue weighted by Crippen LogP contribution is -2.25. The van der Waals surface area contributed by atoms with Crippen LogP contribution in [0.4, 0.5) is 5.69 Å². The van der Waals surface area contributed by atoms with Crippen LogP contribution in [0.1, 0.15) is 11.3 Å². The van der Waals surface area contributed by atoms with E-state index in [2.05, 4.69) is 15.8 Å². The van der Waals surface area contributed by atoms with E-state index in [-0.39, 0.29) is 12.5 Å². The molecule has 0 aliphatic carbocycles. The minimum atomic E-state index is -0.267. The summed E-state index contributed by atoms with van der Waals surface area (Å²) >= 11 is 12.2. The van der Waals surface area contributed by atoms with Crippen molar-refractivity contribution in [1.82, 2.24) is 5.43 Å². The van der Waals surface area contributed by atoms with Crippen molar-refractivity contribution in [2.24, 2.45) is 5.10 Å². The Morgan fingerprint density at radius 1 is 1.11 bits per heavy atom. The predicted octanol–water partition coefficient (Wildman–Crippen LogP) is 5.12. The molecule has 0 aliphatic heterocycles. The summed E-state index contributed by atoms with van der Waals surface area (Å²) in [5, 5.41) is 7.79. The normalized spacial score (nSPS) is 10.9. The molecule has 1 aromatic heterocycles. The summed E-state index contributed by atoms with van der Waals surface area (Å²) in [5.74, 6) is 0.778. The molecule has 0 aliphatic rings. The monoisotopic (exact) mass is 401 g/mol. The molecule has 2 N–H and O–H groups in total. The van der Waals surface area contributed by atoms with Crippen LogP contribution < -0.4 is 10.7 Å². The molecule has 1 heterocycles. The van der Waals surface area contributed by atoms with Crippen LogP contribution in [0.5, 0.6) is 0 Å². The quantitative estimate of drug-likeness (QED) is 0.444. The fraction of sp³-hybridized carbons (Fsp3) is 0.100. The number of benzene rings is 2. The molecule has 3 rings (SSSR count). The second kappa shape index (κ2) is 8.75. The number of anilines is 1. The van der Waals surface area contributed by atoms with Gasteiger partial charge in [0.1, 0.15) is 11.5 Å². The molecule has 0 saturated carbocycles. The smallest absolute Gasteiger partial charge is 0.259 e. The van der Waals surface area contributed by atoms with Gasteiger partial charge in [-0.05, 0) is 43.3 Å². The molecule has 7 heteroatoms. The molecule has 0 bridgehead atoms. The first-order valence-corrected chi connectivity index (χ1v) is 8.95. The van der Waals surface area contributed by atoms with Gasteiger partial charge in [-0.25, -0.2) is 5.43 Å². The average Bonchev–Trinajstić information content (AvgIpc) is 3.12. The van der Waals surface area contributed by atoms with E-state index in [1.54, 1.807) is 24.3 Å². The molecule has 0 unspecified atom stereocenters. The molecular formula is C20H17Cl2N3O2. The number of hydrazone groups is 1. The van der Waals surface area contributed by atoms with Gasteiger partial charge < -0.3 is 9.73 Å². The van der Waals surface area contributed by atoms with Gasteiger partial charge in [0, 0.05) is 11.3 Å². The highest BCUT2D eigenvalue weighted by atomic mass is 35.5. The molecule has 27 heavy (non-hydrogen) atoms. The number of hydrogen-bond donors (Lipinski definition) is 2. The van der Waals surface area contributed by atoms with E-state index in [1.807, 2.05) is 37.3 Å². The number of nitrogens with zero attached hydrogens (tertiary/aromatic N) is 1. The number of furan rings is 1. The molecule has 1 amide bonds. The first kappa shape index (κ1) is 19.0.